The van der Waals surface area contributed by atoms with Crippen molar-refractivity contribution >= 4 is 39.2 Å². The van der Waals surface area contributed by atoms with Crippen molar-refractivity contribution in [1.29, 1.82) is 0 Å². The molecule has 7 nitrogen and oxygen atoms in total. The van der Waals surface area contributed by atoms with Crippen molar-refractivity contribution in [3.05, 3.63) is 52.7 Å². The molecular formula is C19H18N4O3S. The number of carboxylic acid groups (broad SMARTS) is 1. The first-order valence-corrected chi connectivity index (χ1v) is 9.43. The largest absolute Gasteiger partial charge is 0.478 e. The molecule has 1 aliphatic rings. The number of aromatic nitrogens is 2. The summed E-state index contributed by atoms with van der Waals surface area (Å²) in [5.74, 6) is -0.269. The quantitative estimate of drug-likeness (QED) is 0.749. The summed E-state index contributed by atoms with van der Waals surface area (Å²) in [6, 6.07) is 8.27. The molecule has 3 heterocycles. The van der Waals surface area contributed by atoms with Crippen molar-refractivity contribution in [1.82, 2.24) is 14.9 Å². The number of hydrogen-bond donors (Lipinski definition) is 1. The van der Waals surface area contributed by atoms with Crippen LogP contribution in [0.2, 0.25) is 0 Å². The van der Waals surface area contributed by atoms with Gasteiger partial charge in [-0.15, -0.1) is 11.3 Å². The molecule has 0 unspecified atom stereocenters. The van der Waals surface area contributed by atoms with E-state index in [2.05, 4.69) is 27.9 Å². The lowest BCUT2D eigenvalue weighted by Crippen LogP contribution is -2.49. The normalized spacial score (nSPS) is 14.6. The Hall–Kier alpha value is -3.00. The lowest BCUT2D eigenvalue weighted by Gasteiger charge is -2.35. The van der Waals surface area contributed by atoms with E-state index in [1.54, 1.807) is 34.7 Å². The number of piperazine rings is 1. The van der Waals surface area contributed by atoms with Gasteiger partial charge in [-0.3, -0.25) is 4.79 Å². The van der Waals surface area contributed by atoms with E-state index in [9.17, 15) is 9.59 Å². The van der Waals surface area contributed by atoms with Gasteiger partial charge >= 0.3 is 5.97 Å². The van der Waals surface area contributed by atoms with E-state index in [1.807, 2.05) is 0 Å². The van der Waals surface area contributed by atoms with Crippen LogP contribution in [0.4, 0.5) is 5.82 Å². The summed E-state index contributed by atoms with van der Waals surface area (Å²) < 4.78 is 0. The highest BCUT2D eigenvalue weighted by Crippen LogP contribution is 2.30. The predicted octanol–water partition coefficient (Wildman–Crippen LogP) is 2.66. The Morgan fingerprint density at radius 1 is 1.07 bits per heavy atom. The lowest BCUT2D eigenvalue weighted by atomic mass is 10.1. The smallest absolute Gasteiger partial charge is 0.335 e. The Labute approximate surface area is 159 Å². The van der Waals surface area contributed by atoms with E-state index in [4.69, 9.17) is 5.11 Å². The van der Waals surface area contributed by atoms with E-state index in [-0.39, 0.29) is 11.5 Å². The minimum Gasteiger partial charge on any atom is -0.478 e. The first-order valence-electron chi connectivity index (χ1n) is 8.61. The Morgan fingerprint density at radius 3 is 2.56 bits per heavy atom. The fourth-order valence-corrected chi connectivity index (χ4v) is 4.15. The van der Waals surface area contributed by atoms with Crippen LogP contribution >= 0.6 is 11.3 Å². The summed E-state index contributed by atoms with van der Waals surface area (Å²) in [4.78, 5) is 38.7. The number of benzene rings is 1. The van der Waals surface area contributed by atoms with Gasteiger partial charge in [0, 0.05) is 36.6 Å². The molecular weight excluding hydrogens is 364 g/mol. The third kappa shape index (κ3) is 3.35. The summed E-state index contributed by atoms with van der Waals surface area (Å²) >= 11 is 1.65. The number of anilines is 1. The summed E-state index contributed by atoms with van der Waals surface area (Å²) in [5.41, 5.74) is 0.525. The first kappa shape index (κ1) is 17.4. The predicted molar refractivity (Wildman–Crippen MR) is 104 cm³/mol. The van der Waals surface area contributed by atoms with Crippen LogP contribution in [-0.4, -0.2) is 58.0 Å². The van der Waals surface area contributed by atoms with Crippen molar-refractivity contribution in [2.45, 2.75) is 6.92 Å². The Bertz CT molecular complexity index is 1020. The van der Waals surface area contributed by atoms with Gasteiger partial charge in [0.1, 0.15) is 17.0 Å². The van der Waals surface area contributed by atoms with Crippen LogP contribution in [0.5, 0.6) is 0 Å². The number of rotatable bonds is 3. The molecule has 0 aliphatic carbocycles. The van der Waals surface area contributed by atoms with Crippen molar-refractivity contribution in [3.63, 3.8) is 0 Å². The van der Waals surface area contributed by atoms with Gasteiger partial charge in [0.25, 0.3) is 5.91 Å². The number of hydrogen-bond acceptors (Lipinski definition) is 6. The van der Waals surface area contributed by atoms with E-state index in [1.165, 1.54) is 17.0 Å². The molecule has 2 aromatic heterocycles. The van der Waals surface area contributed by atoms with Gasteiger partial charge in [0.05, 0.1) is 10.9 Å². The number of carbonyl (C=O) groups is 2. The number of amides is 1. The molecule has 1 fully saturated rings. The number of fused-ring (bicyclic) bond motifs is 1. The molecule has 0 bridgehead atoms. The SMILES string of the molecule is Cc1cc2c(N3CCN(C(=O)c4cccc(C(=O)O)c4)CC3)ncnc2s1. The molecule has 1 aromatic carbocycles. The van der Waals surface area contributed by atoms with E-state index >= 15 is 0 Å². The molecule has 1 aliphatic heterocycles. The van der Waals surface area contributed by atoms with Crippen LogP contribution in [0.1, 0.15) is 25.6 Å². The third-order valence-electron chi connectivity index (χ3n) is 4.65. The third-order valence-corrected chi connectivity index (χ3v) is 5.61. The second kappa shape index (κ2) is 6.96. The van der Waals surface area contributed by atoms with E-state index < -0.39 is 5.97 Å². The van der Waals surface area contributed by atoms with Crippen LogP contribution in [0.3, 0.4) is 0 Å². The first-order chi connectivity index (χ1) is 13.0. The molecule has 0 radical (unpaired) electrons. The Balaban J connectivity index is 1.49. The molecule has 0 saturated carbocycles. The van der Waals surface area contributed by atoms with Crippen LogP contribution in [0.25, 0.3) is 10.2 Å². The molecule has 27 heavy (non-hydrogen) atoms. The standard InChI is InChI=1S/C19H18N4O3S/c1-12-9-15-16(20-11-21-17(15)27-12)22-5-7-23(8-6-22)18(24)13-3-2-4-14(10-13)19(25)26/h2-4,9-11H,5-8H2,1H3,(H,25,26). The topological polar surface area (TPSA) is 86.6 Å². The maximum atomic E-state index is 12.7. The van der Waals surface area contributed by atoms with Crippen LogP contribution in [-0.2, 0) is 0 Å². The van der Waals surface area contributed by atoms with Gasteiger partial charge in [0.15, 0.2) is 0 Å². The van der Waals surface area contributed by atoms with Crippen molar-refractivity contribution < 1.29 is 14.7 Å². The molecule has 1 amide bonds. The molecule has 4 rings (SSSR count). The molecule has 3 aromatic rings. The van der Waals surface area contributed by atoms with Crippen LogP contribution < -0.4 is 4.90 Å². The highest BCUT2D eigenvalue weighted by Gasteiger charge is 2.24. The molecule has 8 heteroatoms. The Kier molecular flexibility index (Phi) is 4.49. The molecule has 0 atom stereocenters. The fraction of sp³-hybridized carbons (Fsp3) is 0.263. The maximum absolute atomic E-state index is 12.7. The molecule has 138 valence electrons. The summed E-state index contributed by atoms with van der Waals surface area (Å²) in [7, 11) is 0. The maximum Gasteiger partial charge on any atom is 0.335 e. The number of nitrogens with zero attached hydrogens (tertiary/aromatic N) is 4. The highest BCUT2D eigenvalue weighted by molar-refractivity contribution is 7.18. The summed E-state index contributed by atoms with van der Waals surface area (Å²) in [5, 5.41) is 10.2. The zero-order valence-corrected chi connectivity index (χ0v) is 15.6. The van der Waals surface area contributed by atoms with Crippen molar-refractivity contribution in [2.75, 3.05) is 31.1 Å². The summed E-state index contributed by atoms with van der Waals surface area (Å²) in [6.07, 6.45) is 1.59. The van der Waals surface area contributed by atoms with Crippen molar-refractivity contribution in [2.24, 2.45) is 0 Å². The number of aryl methyl sites for hydroxylation is 1. The number of carbonyl (C=O) groups excluding carboxylic acids is 1. The second-order valence-electron chi connectivity index (χ2n) is 6.44. The highest BCUT2D eigenvalue weighted by atomic mass is 32.1. The fourth-order valence-electron chi connectivity index (χ4n) is 3.30. The van der Waals surface area contributed by atoms with Gasteiger partial charge in [-0.1, -0.05) is 6.07 Å². The van der Waals surface area contributed by atoms with Gasteiger partial charge in [-0.2, -0.15) is 0 Å². The molecule has 0 spiro atoms. The van der Waals surface area contributed by atoms with E-state index in [0.717, 1.165) is 16.0 Å². The van der Waals surface area contributed by atoms with Crippen LogP contribution in [0.15, 0.2) is 36.7 Å². The zero-order valence-electron chi connectivity index (χ0n) is 14.8. The minimum atomic E-state index is -1.03. The van der Waals surface area contributed by atoms with Gasteiger partial charge in [-0.05, 0) is 31.2 Å². The average Bonchev–Trinajstić information content (AvgIpc) is 3.08. The average molecular weight is 382 g/mol. The molecule has 1 N–H and O–H groups in total. The minimum absolute atomic E-state index is 0.121. The lowest BCUT2D eigenvalue weighted by molar-refractivity contribution is 0.0697. The Morgan fingerprint density at radius 2 is 1.81 bits per heavy atom. The number of thiophene rings is 1. The van der Waals surface area contributed by atoms with E-state index in [0.29, 0.717) is 31.7 Å². The van der Waals surface area contributed by atoms with Crippen LogP contribution in [0, 0.1) is 6.92 Å². The second-order valence-corrected chi connectivity index (χ2v) is 7.67. The van der Waals surface area contributed by atoms with Gasteiger partial charge < -0.3 is 14.9 Å². The van der Waals surface area contributed by atoms with Crippen molar-refractivity contribution in [3.8, 4) is 0 Å². The summed E-state index contributed by atoms with van der Waals surface area (Å²) in [6.45, 7) is 4.52. The monoisotopic (exact) mass is 382 g/mol. The molecule has 1 saturated heterocycles. The van der Waals surface area contributed by atoms with Gasteiger partial charge in [0.2, 0.25) is 0 Å². The number of aromatic carboxylic acids is 1. The zero-order chi connectivity index (χ0) is 19.0. The number of carboxylic acids is 1. The van der Waals surface area contributed by atoms with Gasteiger partial charge in [-0.25, -0.2) is 14.8 Å².